The van der Waals surface area contributed by atoms with Crippen molar-refractivity contribution in [2.45, 2.75) is 26.3 Å². The van der Waals surface area contributed by atoms with Crippen LogP contribution < -0.4 is 4.68 Å². The van der Waals surface area contributed by atoms with Gasteiger partial charge in [0.1, 0.15) is 0 Å². The fourth-order valence-corrected chi connectivity index (χ4v) is 0.521. The Hall–Kier alpha value is -0.860. The highest BCUT2D eigenvalue weighted by molar-refractivity contribution is 4.45. The lowest BCUT2D eigenvalue weighted by atomic mass is 10.1. The van der Waals surface area contributed by atoms with Crippen LogP contribution in [0.1, 0.15) is 20.8 Å². The Morgan fingerprint density at radius 3 is 2.33 bits per heavy atom. The van der Waals surface area contributed by atoms with Gasteiger partial charge < -0.3 is 4.42 Å². The summed E-state index contributed by atoms with van der Waals surface area (Å²) in [5, 5.41) is 3.94. The van der Waals surface area contributed by atoms with Crippen molar-refractivity contribution < 1.29 is 9.10 Å². The van der Waals surface area contributed by atoms with Crippen LogP contribution in [0.5, 0.6) is 0 Å². The Balaban J connectivity index is 2.90. The van der Waals surface area contributed by atoms with Crippen molar-refractivity contribution in [3.05, 3.63) is 12.8 Å². The lowest BCUT2D eigenvalue weighted by Gasteiger charge is -2.04. The Labute approximate surface area is 54.3 Å². The quantitative estimate of drug-likeness (QED) is 0.480. The van der Waals surface area contributed by atoms with Crippen molar-refractivity contribution in [2.75, 3.05) is 0 Å². The molecule has 1 aromatic rings. The standard InChI is InChI=1S/C6H11N2O/c1-6(2,3)8-5-9-4-7-8/h4-5H,1-3H3/q+1. The van der Waals surface area contributed by atoms with Crippen molar-refractivity contribution >= 4 is 0 Å². The van der Waals surface area contributed by atoms with Gasteiger partial charge in [-0.1, -0.05) is 0 Å². The SMILES string of the molecule is CC(C)(C)[n+]1cocn1. The molecule has 0 spiro atoms. The van der Waals surface area contributed by atoms with Gasteiger partial charge in [0.15, 0.2) is 5.54 Å². The summed E-state index contributed by atoms with van der Waals surface area (Å²) in [6.07, 6.45) is 3.02. The fourth-order valence-electron chi connectivity index (χ4n) is 0.521. The molecule has 0 fully saturated rings. The summed E-state index contributed by atoms with van der Waals surface area (Å²) in [7, 11) is 0. The van der Waals surface area contributed by atoms with E-state index in [0.29, 0.717) is 0 Å². The topological polar surface area (TPSA) is 29.9 Å². The number of aromatic nitrogens is 2. The van der Waals surface area contributed by atoms with E-state index in [0.717, 1.165) is 0 Å². The van der Waals surface area contributed by atoms with Gasteiger partial charge in [-0.05, 0) is 4.68 Å². The predicted octanol–water partition coefficient (Wildman–Crippen LogP) is 0.717. The van der Waals surface area contributed by atoms with Gasteiger partial charge in [0.25, 0.3) is 6.39 Å². The van der Waals surface area contributed by atoms with Gasteiger partial charge in [-0.25, -0.2) is 0 Å². The Morgan fingerprint density at radius 1 is 1.44 bits per heavy atom. The largest absolute Gasteiger partial charge is 0.391 e. The summed E-state index contributed by atoms with van der Waals surface area (Å²) in [4.78, 5) is 0. The second-order valence-electron chi connectivity index (χ2n) is 2.98. The van der Waals surface area contributed by atoms with Crippen LogP contribution in [0.25, 0.3) is 0 Å². The molecule has 1 aromatic heterocycles. The first kappa shape index (κ1) is 6.26. The summed E-state index contributed by atoms with van der Waals surface area (Å²) in [5.74, 6) is 0. The third-order valence-electron chi connectivity index (χ3n) is 1.08. The van der Waals surface area contributed by atoms with E-state index in [4.69, 9.17) is 4.42 Å². The van der Waals surface area contributed by atoms with Crippen molar-refractivity contribution in [2.24, 2.45) is 0 Å². The molecule has 3 heteroatoms. The van der Waals surface area contributed by atoms with Crippen LogP contribution in [-0.2, 0) is 5.54 Å². The van der Waals surface area contributed by atoms with Crippen molar-refractivity contribution in [3.63, 3.8) is 0 Å². The summed E-state index contributed by atoms with van der Waals surface area (Å²) in [6, 6.07) is 0. The minimum atomic E-state index is 0.0347. The van der Waals surface area contributed by atoms with Gasteiger partial charge in [0.2, 0.25) is 0 Å². The van der Waals surface area contributed by atoms with E-state index in [1.54, 1.807) is 11.1 Å². The Bertz CT molecular complexity index is 173. The summed E-state index contributed by atoms with van der Waals surface area (Å²) >= 11 is 0. The zero-order valence-electron chi connectivity index (χ0n) is 5.96. The van der Waals surface area contributed by atoms with Crippen molar-refractivity contribution in [1.82, 2.24) is 5.10 Å². The van der Waals surface area contributed by atoms with E-state index < -0.39 is 0 Å². The number of hydrogen-bond donors (Lipinski definition) is 0. The van der Waals surface area contributed by atoms with E-state index in [2.05, 4.69) is 25.9 Å². The zero-order valence-corrected chi connectivity index (χ0v) is 5.96. The van der Waals surface area contributed by atoms with Gasteiger partial charge in [-0.15, -0.1) is 0 Å². The van der Waals surface area contributed by atoms with Crippen LogP contribution in [0.15, 0.2) is 17.2 Å². The maximum absolute atomic E-state index is 4.79. The average molecular weight is 127 g/mol. The molecule has 1 heterocycles. The number of nitrogens with zero attached hydrogens (tertiary/aromatic N) is 2. The van der Waals surface area contributed by atoms with Crippen molar-refractivity contribution in [1.29, 1.82) is 0 Å². The second kappa shape index (κ2) is 1.83. The Morgan fingerprint density at radius 2 is 2.11 bits per heavy atom. The minimum Gasteiger partial charge on any atom is -0.391 e. The first-order valence-corrected chi connectivity index (χ1v) is 2.91. The third kappa shape index (κ3) is 1.28. The van der Waals surface area contributed by atoms with E-state index >= 15 is 0 Å². The van der Waals surface area contributed by atoms with Gasteiger partial charge in [0.05, 0.1) is 0 Å². The normalized spacial score (nSPS) is 11.9. The van der Waals surface area contributed by atoms with Crippen LogP contribution in [0, 0.1) is 0 Å². The maximum atomic E-state index is 4.79. The van der Waals surface area contributed by atoms with Crippen LogP contribution in [0.4, 0.5) is 0 Å². The smallest absolute Gasteiger partial charge is 0.362 e. The van der Waals surface area contributed by atoms with Gasteiger partial charge in [-0.2, -0.15) is 0 Å². The lowest BCUT2D eigenvalue weighted by molar-refractivity contribution is -0.806. The van der Waals surface area contributed by atoms with E-state index in [1.807, 2.05) is 0 Å². The first-order valence-electron chi connectivity index (χ1n) is 2.91. The molecule has 0 saturated heterocycles. The van der Waals surface area contributed by atoms with Crippen LogP contribution in [0.2, 0.25) is 0 Å². The molecule has 0 unspecified atom stereocenters. The van der Waals surface area contributed by atoms with Crippen LogP contribution >= 0.6 is 0 Å². The van der Waals surface area contributed by atoms with Gasteiger partial charge >= 0.3 is 6.39 Å². The van der Waals surface area contributed by atoms with Crippen LogP contribution in [-0.4, -0.2) is 5.10 Å². The minimum absolute atomic E-state index is 0.0347. The molecular weight excluding hydrogens is 116 g/mol. The van der Waals surface area contributed by atoms with E-state index in [9.17, 15) is 0 Å². The lowest BCUT2D eigenvalue weighted by Crippen LogP contribution is -2.51. The highest BCUT2D eigenvalue weighted by Crippen LogP contribution is 2.00. The van der Waals surface area contributed by atoms with E-state index in [1.165, 1.54) is 6.39 Å². The predicted molar refractivity (Wildman–Crippen MR) is 31.7 cm³/mol. The summed E-state index contributed by atoms with van der Waals surface area (Å²) in [6.45, 7) is 6.20. The molecule has 0 radical (unpaired) electrons. The molecular formula is C6H11N2O+. The number of rotatable bonds is 0. The monoisotopic (exact) mass is 127 g/mol. The molecule has 3 nitrogen and oxygen atoms in total. The molecule has 0 saturated carbocycles. The zero-order chi connectivity index (χ0) is 6.91. The molecule has 50 valence electrons. The molecule has 0 aliphatic heterocycles. The molecule has 0 aromatic carbocycles. The van der Waals surface area contributed by atoms with Gasteiger partial charge in [0, 0.05) is 25.9 Å². The molecule has 0 amide bonds. The third-order valence-corrected chi connectivity index (χ3v) is 1.08. The molecule has 9 heavy (non-hydrogen) atoms. The molecule has 0 atom stereocenters. The highest BCUT2D eigenvalue weighted by atomic mass is 16.3. The second-order valence-corrected chi connectivity index (χ2v) is 2.98. The Kier molecular flexibility index (Phi) is 1.27. The molecule has 1 rings (SSSR count). The molecule has 0 bridgehead atoms. The average Bonchev–Trinajstić information content (AvgIpc) is 2.08. The fraction of sp³-hybridized carbons (Fsp3) is 0.667. The molecule has 0 aliphatic rings. The molecule has 0 N–H and O–H groups in total. The number of hydrogen-bond acceptors (Lipinski definition) is 2. The first-order chi connectivity index (χ1) is 4.11. The van der Waals surface area contributed by atoms with E-state index in [-0.39, 0.29) is 5.54 Å². The maximum Gasteiger partial charge on any atom is 0.362 e. The highest BCUT2D eigenvalue weighted by Gasteiger charge is 2.24. The van der Waals surface area contributed by atoms with Crippen molar-refractivity contribution in [3.8, 4) is 0 Å². The summed E-state index contributed by atoms with van der Waals surface area (Å²) in [5.41, 5.74) is 0.0347. The summed E-state index contributed by atoms with van der Waals surface area (Å²) < 4.78 is 6.56. The van der Waals surface area contributed by atoms with Gasteiger partial charge in [-0.3, -0.25) is 0 Å². The molecule has 0 aliphatic carbocycles. The van der Waals surface area contributed by atoms with Crippen LogP contribution in [0.3, 0.4) is 0 Å².